The molecule has 0 amide bonds. The number of rotatable bonds is 6. The Balaban J connectivity index is 2.06. The number of hydrogen-bond acceptors (Lipinski definition) is 4. The molecule has 6 nitrogen and oxygen atoms in total. The van der Waals surface area contributed by atoms with Gasteiger partial charge >= 0.3 is 5.97 Å². The van der Waals surface area contributed by atoms with Crippen LogP contribution in [0.15, 0.2) is 0 Å². The summed E-state index contributed by atoms with van der Waals surface area (Å²) in [4.78, 5) is 11.5. The minimum Gasteiger partial charge on any atom is -0.479 e. The van der Waals surface area contributed by atoms with E-state index < -0.39 is 11.5 Å². The van der Waals surface area contributed by atoms with Gasteiger partial charge < -0.3 is 5.11 Å². The second-order valence-corrected chi connectivity index (χ2v) is 5.98. The van der Waals surface area contributed by atoms with Crippen molar-refractivity contribution >= 4 is 5.97 Å². The number of nitrogens with zero attached hydrogens (tertiary/aromatic N) is 4. The smallest absolute Gasteiger partial charge is 0.331 e. The van der Waals surface area contributed by atoms with Gasteiger partial charge in [-0.2, -0.15) is 0 Å². The van der Waals surface area contributed by atoms with Crippen molar-refractivity contribution in [1.82, 2.24) is 20.2 Å². The first-order valence-corrected chi connectivity index (χ1v) is 7.59. The summed E-state index contributed by atoms with van der Waals surface area (Å²) in [5, 5.41) is 21.1. The van der Waals surface area contributed by atoms with Crippen LogP contribution in [0.5, 0.6) is 0 Å². The standard InChI is InChI=1S/C14H24N4O2/c1-3-14(2,13(19)20)18-12(15-16-17-18)10-9-11-7-5-4-6-8-11/h11H,3-10H2,1-2H3,(H,19,20). The molecule has 1 aliphatic carbocycles. The van der Waals surface area contributed by atoms with Crippen LogP contribution in [-0.2, 0) is 16.8 Å². The van der Waals surface area contributed by atoms with Gasteiger partial charge in [0, 0.05) is 6.42 Å². The Morgan fingerprint density at radius 2 is 2.10 bits per heavy atom. The lowest BCUT2D eigenvalue weighted by atomic mass is 9.86. The van der Waals surface area contributed by atoms with Gasteiger partial charge in [-0.1, -0.05) is 39.0 Å². The Kier molecular flexibility index (Phi) is 4.73. The van der Waals surface area contributed by atoms with E-state index in [-0.39, 0.29) is 0 Å². The maximum Gasteiger partial charge on any atom is 0.331 e. The number of carboxylic acid groups (broad SMARTS) is 1. The number of carboxylic acids is 1. The number of hydrogen-bond donors (Lipinski definition) is 1. The third-order valence-electron chi connectivity index (χ3n) is 4.65. The highest BCUT2D eigenvalue weighted by atomic mass is 16.4. The molecule has 2 rings (SSSR count). The fraction of sp³-hybridized carbons (Fsp3) is 0.857. The summed E-state index contributed by atoms with van der Waals surface area (Å²) in [6.07, 6.45) is 8.83. The lowest BCUT2D eigenvalue weighted by molar-refractivity contribution is -0.147. The topological polar surface area (TPSA) is 80.9 Å². The summed E-state index contributed by atoms with van der Waals surface area (Å²) >= 11 is 0. The van der Waals surface area contributed by atoms with Crippen molar-refractivity contribution in [2.45, 2.75) is 70.8 Å². The van der Waals surface area contributed by atoms with Crippen LogP contribution in [0.1, 0.15) is 64.6 Å². The molecule has 1 heterocycles. The number of aryl methyl sites for hydroxylation is 1. The molecule has 0 spiro atoms. The van der Waals surface area contributed by atoms with E-state index >= 15 is 0 Å². The molecule has 0 aromatic carbocycles. The van der Waals surface area contributed by atoms with E-state index in [1.807, 2.05) is 6.92 Å². The number of aliphatic carboxylic acids is 1. The van der Waals surface area contributed by atoms with Crippen LogP contribution in [0.4, 0.5) is 0 Å². The van der Waals surface area contributed by atoms with E-state index in [1.165, 1.54) is 36.8 Å². The average molecular weight is 280 g/mol. The maximum absolute atomic E-state index is 11.5. The minimum atomic E-state index is -1.05. The Morgan fingerprint density at radius 1 is 1.40 bits per heavy atom. The summed E-state index contributed by atoms with van der Waals surface area (Å²) in [6, 6.07) is 0. The molecule has 0 radical (unpaired) electrons. The summed E-state index contributed by atoms with van der Waals surface area (Å²) in [5.41, 5.74) is -1.05. The summed E-state index contributed by atoms with van der Waals surface area (Å²) < 4.78 is 1.50. The van der Waals surface area contributed by atoms with Crippen molar-refractivity contribution in [3.05, 3.63) is 5.82 Å². The first-order chi connectivity index (χ1) is 9.58. The highest BCUT2D eigenvalue weighted by Gasteiger charge is 2.36. The van der Waals surface area contributed by atoms with Gasteiger partial charge in [0.15, 0.2) is 11.4 Å². The number of aromatic nitrogens is 4. The van der Waals surface area contributed by atoms with Crippen LogP contribution in [0.25, 0.3) is 0 Å². The van der Waals surface area contributed by atoms with Crippen LogP contribution in [-0.4, -0.2) is 31.3 Å². The summed E-state index contributed by atoms with van der Waals surface area (Å²) in [7, 11) is 0. The van der Waals surface area contributed by atoms with E-state index in [9.17, 15) is 9.90 Å². The normalized spacial score (nSPS) is 19.7. The minimum absolute atomic E-state index is 0.462. The van der Waals surface area contributed by atoms with Crippen molar-refractivity contribution in [3.63, 3.8) is 0 Å². The Labute approximate surface area is 119 Å². The van der Waals surface area contributed by atoms with E-state index in [1.54, 1.807) is 6.92 Å². The molecule has 1 aromatic heterocycles. The lowest BCUT2D eigenvalue weighted by Crippen LogP contribution is -2.40. The van der Waals surface area contributed by atoms with Gasteiger partial charge in [-0.15, -0.1) is 5.10 Å². The van der Waals surface area contributed by atoms with Crippen LogP contribution in [0.3, 0.4) is 0 Å². The first-order valence-electron chi connectivity index (χ1n) is 7.59. The second-order valence-electron chi connectivity index (χ2n) is 5.98. The van der Waals surface area contributed by atoms with Crippen LogP contribution >= 0.6 is 0 Å². The van der Waals surface area contributed by atoms with E-state index in [0.29, 0.717) is 12.2 Å². The predicted octanol–water partition coefficient (Wildman–Crippen LogP) is 2.40. The van der Waals surface area contributed by atoms with Crippen LogP contribution in [0, 0.1) is 5.92 Å². The van der Waals surface area contributed by atoms with Gasteiger partial charge in [-0.25, -0.2) is 9.48 Å². The largest absolute Gasteiger partial charge is 0.479 e. The van der Waals surface area contributed by atoms with Crippen LogP contribution in [0.2, 0.25) is 0 Å². The van der Waals surface area contributed by atoms with Crippen molar-refractivity contribution in [1.29, 1.82) is 0 Å². The molecule has 1 unspecified atom stereocenters. The molecule has 0 saturated heterocycles. The fourth-order valence-corrected chi connectivity index (χ4v) is 2.95. The molecule has 1 fully saturated rings. The molecular weight excluding hydrogens is 256 g/mol. The highest BCUT2D eigenvalue weighted by Crippen LogP contribution is 2.28. The van der Waals surface area contributed by atoms with Gasteiger partial charge in [0.25, 0.3) is 0 Å². The van der Waals surface area contributed by atoms with Gasteiger partial charge in [-0.3, -0.25) is 0 Å². The van der Waals surface area contributed by atoms with Gasteiger partial charge in [0.1, 0.15) is 0 Å². The molecule has 20 heavy (non-hydrogen) atoms. The second kappa shape index (κ2) is 6.33. The molecule has 112 valence electrons. The van der Waals surface area contributed by atoms with Crippen molar-refractivity contribution in [3.8, 4) is 0 Å². The molecule has 0 bridgehead atoms. The molecule has 1 aromatic rings. The average Bonchev–Trinajstić information content (AvgIpc) is 2.94. The van der Waals surface area contributed by atoms with Crippen molar-refractivity contribution in [2.75, 3.05) is 0 Å². The van der Waals surface area contributed by atoms with E-state index in [0.717, 1.165) is 18.8 Å². The molecule has 6 heteroatoms. The predicted molar refractivity (Wildman–Crippen MR) is 74.3 cm³/mol. The van der Waals surface area contributed by atoms with Gasteiger partial charge in [0.2, 0.25) is 0 Å². The van der Waals surface area contributed by atoms with Crippen molar-refractivity contribution in [2.24, 2.45) is 5.92 Å². The number of tetrazole rings is 1. The monoisotopic (exact) mass is 280 g/mol. The SMILES string of the molecule is CCC(C)(C(=O)O)n1nnnc1CCC1CCCCC1. The molecule has 1 saturated carbocycles. The van der Waals surface area contributed by atoms with Gasteiger partial charge in [0.05, 0.1) is 0 Å². The third kappa shape index (κ3) is 2.99. The van der Waals surface area contributed by atoms with Crippen LogP contribution < -0.4 is 0 Å². The fourth-order valence-electron chi connectivity index (χ4n) is 2.95. The Bertz CT molecular complexity index is 454. The molecule has 1 aliphatic rings. The molecule has 0 aliphatic heterocycles. The summed E-state index contributed by atoms with van der Waals surface area (Å²) in [5.74, 6) is 0.556. The first kappa shape index (κ1) is 14.9. The summed E-state index contributed by atoms with van der Waals surface area (Å²) in [6.45, 7) is 3.52. The van der Waals surface area contributed by atoms with Gasteiger partial charge in [-0.05, 0) is 36.1 Å². The highest BCUT2D eigenvalue weighted by molar-refractivity contribution is 5.76. The quantitative estimate of drug-likeness (QED) is 0.865. The zero-order valence-electron chi connectivity index (χ0n) is 12.4. The Hall–Kier alpha value is -1.46. The third-order valence-corrected chi connectivity index (χ3v) is 4.65. The number of carbonyl (C=O) groups is 1. The maximum atomic E-state index is 11.5. The molecule has 1 atom stereocenters. The van der Waals surface area contributed by atoms with E-state index in [2.05, 4.69) is 15.5 Å². The molecular formula is C14H24N4O2. The zero-order chi connectivity index (χ0) is 14.6. The lowest BCUT2D eigenvalue weighted by Gasteiger charge is -2.25. The Morgan fingerprint density at radius 3 is 2.70 bits per heavy atom. The van der Waals surface area contributed by atoms with E-state index in [4.69, 9.17) is 0 Å². The zero-order valence-corrected chi connectivity index (χ0v) is 12.4. The molecule has 1 N–H and O–H groups in total. The van der Waals surface area contributed by atoms with Crippen molar-refractivity contribution < 1.29 is 9.90 Å².